The van der Waals surface area contributed by atoms with Gasteiger partial charge >= 0.3 is 6.03 Å². The molecule has 7 heteroatoms. The van der Waals surface area contributed by atoms with Crippen molar-refractivity contribution in [2.24, 2.45) is 0 Å². The molecule has 1 unspecified atom stereocenters. The highest BCUT2D eigenvalue weighted by Gasteiger charge is 2.22. The van der Waals surface area contributed by atoms with Crippen molar-refractivity contribution in [1.29, 1.82) is 0 Å². The number of carbonyl (C=O) groups excluding carboxylic acids is 1. The lowest BCUT2D eigenvalue weighted by molar-refractivity contribution is 0.185. The molecule has 1 fully saturated rings. The van der Waals surface area contributed by atoms with E-state index < -0.39 is 0 Å². The lowest BCUT2D eigenvalue weighted by atomic mass is 10.0. The van der Waals surface area contributed by atoms with Crippen LogP contribution in [-0.2, 0) is 6.54 Å². The Labute approximate surface area is 183 Å². The summed E-state index contributed by atoms with van der Waals surface area (Å²) in [6, 6.07) is 12.8. The molecule has 31 heavy (non-hydrogen) atoms. The van der Waals surface area contributed by atoms with Gasteiger partial charge in [-0.1, -0.05) is 25.1 Å². The van der Waals surface area contributed by atoms with Gasteiger partial charge in [0, 0.05) is 25.7 Å². The maximum absolute atomic E-state index is 13.9. The van der Waals surface area contributed by atoms with Gasteiger partial charge in [0.25, 0.3) is 0 Å². The fourth-order valence-electron chi connectivity index (χ4n) is 3.94. The van der Waals surface area contributed by atoms with Crippen molar-refractivity contribution in [3.63, 3.8) is 0 Å². The summed E-state index contributed by atoms with van der Waals surface area (Å²) >= 11 is 0. The predicted octanol–water partition coefficient (Wildman–Crippen LogP) is 4.26. The molecule has 1 aliphatic heterocycles. The van der Waals surface area contributed by atoms with E-state index in [1.54, 1.807) is 13.2 Å². The van der Waals surface area contributed by atoms with Crippen LogP contribution in [0.4, 0.5) is 9.18 Å². The molecule has 0 saturated carbocycles. The minimum Gasteiger partial charge on any atom is -0.497 e. The second-order valence-electron chi connectivity index (χ2n) is 7.87. The zero-order valence-corrected chi connectivity index (χ0v) is 18.5. The smallest absolute Gasteiger partial charge is 0.315 e. The molecular formula is C24H32FN3O3. The van der Waals surface area contributed by atoms with Crippen LogP contribution in [0.1, 0.15) is 43.4 Å². The number of amides is 2. The average molecular weight is 430 g/mol. The molecule has 168 valence electrons. The predicted molar refractivity (Wildman–Crippen MR) is 119 cm³/mol. The number of hydrogen-bond acceptors (Lipinski definition) is 4. The minimum absolute atomic E-state index is 0.0454. The van der Waals surface area contributed by atoms with E-state index in [2.05, 4.69) is 22.5 Å². The lowest BCUT2D eigenvalue weighted by Crippen LogP contribution is -2.48. The Morgan fingerprint density at radius 2 is 1.84 bits per heavy atom. The van der Waals surface area contributed by atoms with Gasteiger partial charge in [-0.15, -0.1) is 0 Å². The number of likely N-dealkylation sites (tertiary alicyclic amines) is 1. The van der Waals surface area contributed by atoms with Gasteiger partial charge in [0.05, 0.1) is 20.3 Å². The first-order valence-corrected chi connectivity index (χ1v) is 10.8. The number of nitrogens with zero attached hydrogens (tertiary/aromatic N) is 1. The van der Waals surface area contributed by atoms with Crippen molar-refractivity contribution in [2.45, 2.75) is 44.8 Å². The molecule has 2 N–H and O–H groups in total. The van der Waals surface area contributed by atoms with Crippen molar-refractivity contribution in [1.82, 2.24) is 15.5 Å². The van der Waals surface area contributed by atoms with E-state index >= 15 is 0 Å². The molecule has 3 rings (SSSR count). The van der Waals surface area contributed by atoms with Crippen LogP contribution in [-0.4, -0.2) is 44.3 Å². The highest BCUT2D eigenvalue weighted by Crippen LogP contribution is 2.22. The van der Waals surface area contributed by atoms with Gasteiger partial charge in [0.2, 0.25) is 0 Å². The van der Waals surface area contributed by atoms with Gasteiger partial charge in [-0.3, -0.25) is 4.90 Å². The number of urea groups is 1. The fourth-order valence-corrected chi connectivity index (χ4v) is 3.94. The molecule has 2 amide bonds. The Kier molecular flexibility index (Phi) is 8.12. The fraction of sp³-hybridized carbons (Fsp3) is 0.458. The van der Waals surface area contributed by atoms with Crippen molar-refractivity contribution in [3.05, 3.63) is 59.4 Å². The van der Waals surface area contributed by atoms with Crippen LogP contribution in [0.25, 0.3) is 0 Å². The van der Waals surface area contributed by atoms with Crippen LogP contribution in [0.3, 0.4) is 0 Å². The molecule has 1 saturated heterocycles. The molecule has 2 aromatic carbocycles. The lowest BCUT2D eigenvalue weighted by Gasteiger charge is -2.32. The molecule has 1 atom stereocenters. The number of hydrogen-bond donors (Lipinski definition) is 2. The molecule has 0 radical (unpaired) electrons. The first kappa shape index (κ1) is 22.9. The van der Waals surface area contributed by atoms with Crippen molar-refractivity contribution in [2.75, 3.05) is 27.3 Å². The molecule has 1 aliphatic rings. The molecule has 2 aromatic rings. The van der Waals surface area contributed by atoms with Crippen LogP contribution < -0.4 is 20.1 Å². The van der Waals surface area contributed by atoms with E-state index in [9.17, 15) is 9.18 Å². The third-order valence-corrected chi connectivity index (χ3v) is 5.78. The number of benzene rings is 2. The van der Waals surface area contributed by atoms with E-state index in [1.807, 2.05) is 30.3 Å². The number of nitrogens with one attached hydrogen (secondary N) is 2. The maximum atomic E-state index is 13.9. The number of piperidine rings is 1. The molecule has 0 aromatic heterocycles. The highest BCUT2D eigenvalue weighted by atomic mass is 19.1. The normalized spacial score (nSPS) is 15.9. The van der Waals surface area contributed by atoms with E-state index in [0.717, 1.165) is 49.2 Å². The summed E-state index contributed by atoms with van der Waals surface area (Å²) in [5.74, 6) is 0.723. The first-order valence-electron chi connectivity index (χ1n) is 10.8. The van der Waals surface area contributed by atoms with Crippen LogP contribution in [0.2, 0.25) is 0 Å². The summed E-state index contributed by atoms with van der Waals surface area (Å²) in [7, 11) is 3.10. The van der Waals surface area contributed by atoms with Gasteiger partial charge in [-0.25, -0.2) is 9.18 Å². The zero-order valence-electron chi connectivity index (χ0n) is 18.5. The van der Waals surface area contributed by atoms with E-state index in [0.29, 0.717) is 6.54 Å². The van der Waals surface area contributed by atoms with E-state index in [-0.39, 0.29) is 29.7 Å². The maximum Gasteiger partial charge on any atom is 0.315 e. The molecular weight excluding hydrogens is 397 g/mol. The second-order valence-corrected chi connectivity index (χ2v) is 7.87. The molecule has 6 nitrogen and oxygen atoms in total. The summed E-state index contributed by atoms with van der Waals surface area (Å²) in [5.41, 5.74) is 1.98. The zero-order chi connectivity index (χ0) is 22.2. The standard InChI is InChI=1S/C24H32FN3O3/c1-4-22(18-6-8-20(30-2)9-7-18)27-24(29)26-19-11-13-28(14-12-19)16-17-5-10-23(31-3)21(25)15-17/h5-10,15,19,22H,4,11-14,16H2,1-3H3,(H2,26,27,29). The van der Waals surface area contributed by atoms with Gasteiger partial charge in [0.1, 0.15) is 5.75 Å². The first-order chi connectivity index (χ1) is 15.0. The number of halogens is 1. The quantitative estimate of drug-likeness (QED) is 0.658. The number of ether oxygens (including phenoxy) is 2. The van der Waals surface area contributed by atoms with Crippen LogP contribution in [0.5, 0.6) is 11.5 Å². The molecule has 0 spiro atoms. The Bertz CT molecular complexity index is 852. The van der Waals surface area contributed by atoms with Crippen molar-refractivity contribution >= 4 is 6.03 Å². The Morgan fingerprint density at radius 1 is 1.13 bits per heavy atom. The van der Waals surface area contributed by atoms with E-state index in [1.165, 1.54) is 13.2 Å². The summed E-state index contributed by atoms with van der Waals surface area (Å²) < 4.78 is 24.1. The van der Waals surface area contributed by atoms with Crippen LogP contribution in [0, 0.1) is 5.82 Å². The minimum atomic E-state index is -0.337. The number of methoxy groups -OCH3 is 2. The summed E-state index contributed by atoms with van der Waals surface area (Å²) in [5, 5.41) is 6.18. The van der Waals surface area contributed by atoms with Crippen LogP contribution in [0.15, 0.2) is 42.5 Å². The Morgan fingerprint density at radius 3 is 2.42 bits per heavy atom. The summed E-state index contributed by atoms with van der Waals surface area (Å²) in [6.45, 7) is 4.45. The van der Waals surface area contributed by atoms with Gasteiger partial charge in [0.15, 0.2) is 11.6 Å². The Hall–Kier alpha value is -2.80. The number of carbonyl (C=O) groups is 1. The third kappa shape index (κ3) is 6.34. The third-order valence-electron chi connectivity index (χ3n) is 5.78. The average Bonchev–Trinajstić information content (AvgIpc) is 2.79. The summed E-state index contributed by atoms with van der Waals surface area (Å²) in [4.78, 5) is 14.8. The Balaban J connectivity index is 1.45. The molecule has 1 heterocycles. The highest BCUT2D eigenvalue weighted by molar-refractivity contribution is 5.74. The van der Waals surface area contributed by atoms with Crippen molar-refractivity contribution < 1.29 is 18.7 Å². The number of rotatable bonds is 8. The topological polar surface area (TPSA) is 62.8 Å². The SMILES string of the molecule is CCC(NC(=O)NC1CCN(Cc2ccc(OC)c(F)c2)CC1)c1ccc(OC)cc1. The summed E-state index contributed by atoms with van der Waals surface area (Å²) in [6.07, 6.45) is 2.54. The monoisotopic (exact) mass is 429 g/mol. The van der Waals surface area contributed by atoms with Gasteiger partial charge in [-0.2, -0.15) is 0 Å². The largest absolute Gasteiger partial charge is 0.497 e. The van der Waals surface area contributed by atoms with E-state index in [4.69, 9.17) is 9.47 Å². The van der Waals surface area contributed by atoms with Gasteiger partial charge in [-0.05, 0) is 54.7 Å². The van der Waals surface area contributed by atoms with Crippen molar-refractivity contribution in [3.8, 4) is 11.5 Å². The van der Waals surface area contributed by atoms with Gasteiger partial charge < -0.3 is 20.1 Å². The van der Waals surface area contributed by atoms with Crippen LogP contribution >= 0.6 is 0 Å². The molecule has 0 aliphatic carbocycles. The molecule has 0 bridgehead atoms. The second kappa shape index (κ2) is 11.0.